The molecule has 0 atom stereocenters. The predicted molar refractivity (Wildman–Crippen MR) is 44.6 cm³/mol. The van der Waals surface area contributed by atoms with Crippen LogP contribution in [0.15, 0.2) is 23.4 Å². The van der Waals surface area contributed by atoms with E-state index in [9.17, 15) is 0 Å². The van der Waals surface area contributed by atoms with Crippen LogP contribution in [0.1, 0.15) is 11.1 Å². The highest BCUT2D eigenvalue weighted by molar-refractivity contribution is 5.78. The first-order valence-electron chi connectivity index (χ1n) is 3.38. The summed E-state index contributed by atoms with van der Waals surface area (Å²) in [6, 6.07) is 8.99. The van der Waals surface area contributed by atoms with E-state index in [0.29, 0.717) is 0 Å². The van der Waals surface area contributed by atoms with Gasteiger partial charge >= 0.3 is 0 Å². The third-order valence-electron chi connectivity index (χ3n) is 1.26. The second-order valence-corrected chi connectivity index (χ2v) is 2.21. The normalized spacial score (nSPS) is 10.4. The lowest BCUT2D eigenvalue weighted by Crippen LogP contribution is -1.82. The molecule has 0 bridgehead atoms. The van der Waals surface area contributed by atoms with Crippen molar-refractivity contribution in [3.8, 4) is 0 Å². The van der Waals surface area contributed by atoms with Gasteiger partial charge in [-0.15, -0.1) is 0 Å². The zero-order chi connectivity index (χ0) is 8.10. The van der Waals surface area contributed by atoms with Crippen molar-refractivity contribution in [1.29, 1.82) is 0 Å². The molecule has 0 aliphatic heterocycles. The molecule has 0 amide bonds. The van der Waals surface area contributed by atoms with E-state index < -0.39 is 0 Å². The number of hydrogen-bond donors (Lipinski definition) is 0. The Morgan fingerprint density at radius 2 is 2.36 bits per heavy atom. The lowest BCUT2D eigenvalue weighted by atomic mass is 10.2. The average molecular weight is 148 g/mol. The van der Waals surface area contributed by atoms with Crippen LogP contribution in [0.25, 0.3) is 0 Å². The summed E-state index contributed by atoms with van der Waals surface area (Å²) in [6.07, 6.45) is 1.63. The quantitative estimate of drug-likeness (QED) is 0.462. The monoisotopic (exact) mass is 148 g/mol. The molecule has 1 aromatic carbocycles. The molecule has 0 saturated heterocycles. The maximum Gasteiger partial charge on any atom is 0.106 e. The summed E-state index contributed by atoms with van der Waals surface area (Å²) in [5, 5.41) is 3.63. The fourth-order valence-corrected chi connectivity index (χ4v) is 0.792. The molecule has 2 nitrogen and oxygen atoms in total. The summed E-state index contributed by atoms with van der Waals surface area (Å²) in [5.41, 5.74) is 2.04. The summed E-state index contributed by atoms with van der Waals surface area (Å²) in [6.45, 7) is 1.99. The van der Waals surface area contributed by atoms with Crippen molar-refractivity contribution in [1.82, 2.24) is 0 Å². The van der Waals surface area contributed by atoms with Gasteiger partial charge < -0.3 is 4.84 Å². The van der Waals surface area contributed by atoms with Gasteiger partial charge in [-0.3, -0.25) is 0 Å². The average Bonchev–Trinajstić information content (AvgIpc) is 2.01. The minimum atomic E-state index is 0.937. The number of oxime groups is 1. The van der Waals surface area contributed by atoms with Gasteiger partial charge in [-0.1, -0.05) is 23.4 Å². The number of nitrogens with zero attached hydrogens (tertiary/aromatic N) is 1. The summed E-state index contributed by atoms with van der Waals surface area (Å²) < 4.78 is 0. The van der Waals surface area contributed by atoms with Crippen LogP contribution in [-0.4, -0.2) is 13.3 Å². The van der Waals surface area contributed by atoms with Crippen molar-refractivity contribution in [3.05, 3.63) is 35.4 Å². The van der Waals surface area contributed by atoms with Crippen molar-refractivity contribution in [3.63, 3.8) is 0 Å². The summed E-state index contributed by atoms with van der Waals surface area (Å²) >= 11 is 0. The maximum atomic E-state index is 4.54. The van der Waals surface area contributed by atoms with E-state index in [1.165, 1.54) is 7.11 Å². The van der Waals surface area contributed by atoms with Crippen molar-refractivity contribution in [2.45, 2.75) is 6.92 Å². The van der Waals surface area contributed by atoms with Crippen molar-refractivity contribution >= 4 is 6.21 Å². The third-order valence-corrected chi connectivity index (χ3v) is 1.26. The summed E-state index contributed by atoms with van der Waals surface area (Å²) in [7, 11) is 1.52. The molecule has 57 valence electrons. The molecule has 1 rings (SSSR count). The van der Waals surface area contributed by atoms with E-state index >= 15 is 0 Å². The van der Waals surface area contributed by atoms with Gasteiger partial charge in [-0.05, 0) is 18.6 Å². The van der Waals surface area contributed by atoms with E-state index in [-0.39, 0.29) is 0 Å². The number of benzene rings is 1. The van der Waals surface area contributed by atoms with Gasteiger partial charge in [0.15, 0.2) is 0 Å². The molecular weight excluding hydrogens is 138 g/mol. The van der Waals surface area contributed by atoms with Crippen LogP contribution < -0.4 is 0 Å². The van der Waals surface area contributed by atoms with Crippen molar-refractivity contribution < 1.29 is 4.84 Å². The molecule has 0 spiro atoms. The zero-order valence-electron chi connectivity index (χ0n) is 6.66. The molecule has 0 aliphatic rings. The first-order chi connectivity index (χ1) is 5.33. The van der Waals surface area contributed by atoms with Crippen molar-refractivity contribution in [2.24, 2.45) is 5.16 Å². The topological polar surface area (TPSA) is 21.6 Å². The van der Waals surface area contributed by atoms with Crippen molar-refractivity contribution in [2.75, 3.05) is 7.11 Å². The molecule has 1 aromatic rings. The summed E-state index contributed by atoms with van der Waals surface area (Å²) in [4.78, 5) is 4.54. The fourth-order valence-electron chi connectivity index (χ4n) is 0.792. The molecule has 2 heteroatoms. The Hall–Kier alpha value is -1.31. The van der Waals surface area contributed by atoms with Crippen LogP contribution in [-0.2, 0) is 4.84 Å². The van der Waals surface area contributed by atoms with Crippen LogP contribution in [0.3, 0.4) is 0 Å². The predicted octanol–water partition coefficient (Wildman–Crippen LogP) is 1.78. The van der Waals surface area contributed by atoms with Crippen LogP contribution in [0.2, 0.25) is 0 Å². The van der Waals surface area contributed by atoms with Gasteiger partial charge in [-0.2, -0.15) is 0 Å². The highest BCUT2D eigenvalue weighted by Gasteiger charge is 1.87. The Balaban J connectivity index is 2.79. The summed E-state index contributed by atoms with van der Waals surface area (Å²) in [5.74, 6) is 0. The Labute approximate surface area is 66.5 Å². The first kappa shape index (κ1) is 7.79. The largest absolute Gasteiger partial charge is 0.399 e. The molecule has 0 unspecified atom stereocenters. The molecule has 11 heavy (non-hydrogen) atoms. The van der Waals surface area contributed by atoms with E-state index in [1.54, 1.807) is 6.21 Å². The molecule has 1 radical (unpaired) electrons. The molecule has 0 saturated carbocycles. The highest BCUT2D eigenvalue weighted by Crippen LogP contribution is 1.99. The lowest BCUT2D eigenvalue weighted by Gasteiger charge is -1.92. The maximum absolute atomic E-state index is 4.54. The second kappa shape index (κ2) is 3.76. The Morgan fingerprint density at radius 1 is 1.55 bits per heavy atom. The van der Waals surface area contributed by atoms with E-state index in [4.69, 9.17) is 0 Å². The van der Waals surface area contributed by atoms with Crippen LogP contribution in [0.5, 0.6) is 0 Å². The van der Waals surface area contributed by atoms with E-state index in [0.717, 1.165) is 11.1 Å². The number of hydrogen-bond acceptors (Lipinski definition) is 2. The van der Waals surface area contributed by atoms with Crippen LogP contribution in [0, 0.1) is 13.0 Å². The SMILES string of the molecule is CON=Cc1[c]c(C)ccc1. The highest BCUT2D eigenvalue weighted by atomic mass is 16.6. The van der Waals surface area contributed by atoms with E-state index in [1.807, 2.05) is 25.1 Å². The molecule has 0 fully saturated rings. The minimum Gasteiger partial charge on any atom is -0.399 e. The van der Waals surface area contributed by atoms with Gasteiger partial charge in [0.2, 0.25) is 0 Å². The second-order valence-electron chi connectivity index (χ2n) is 2.21. The standard InChI is InChI=1S/C9H10NO/c1-8-4-3-5-9(6-8)7-10-11-2/h3-5,7H,1-2H3. The Morgan fingerprint density at radius 3 is 3.00 bits per heavy atom. The minimum absolute atomic E-state index is 0.937. The lowest BCUT2D eigenvalue weighted by molar-refractivity contribution is 0.215. The number of aryl methyl sites for hydroxylation is 1. The van der Waals surface area contributed by atoms with Gasteiger partial charge in [0.05, 0.1) is 6.21 Å². The fraction of sp³-hybridized carbons (Fsp3) is 0.222. The van der Waals surface area contributed by atoms with Gasteiger partial charge in [0.1, 0.15) is 7.11 Å². The Kier molecular flexibility index (Phi) is 2.66. The van der Waals surface area contributed by atoms with Crippen LogP contribution in [0.4, 0.5) is 0 Å². The van der Waals surface area contributed by atoms with Gasteiger partial charge in [-0.25, -0.2) is 0 Å². The zero-order valence-corrected chi connectivity index (χ0v) is 6.66. The Bertz CT molecular complexity index is 255. The van der Waals surface area contributed by atoms with E-state index in [2.05, 4.69) is 16.1 Å². The number of rotatable bonds is 2. The van der Waals surface area contributed by atoms with Gasteiger partial charge in [0, 0.05) is 5.56 Å². The van der Waals surface area contributed by atoms with Gasteiger partial charge in [0.25, 0.3) is 0 Å². The molecule has 0 N–H and O–H groups in total. The van der Waals surface area contributed by atoms with Crippen LogP contribution >= 0.6 is 0 Å². The molecule has 0 aromatic heterocycles. The smallest absolute Gasteiger partial charge is 0.106 e. The third kappa shape index (κ3) is 2.42. The molecular formula is C9H10NO. The first-order valence-corrected chi connectivity index (χ1v) is 3.38. The molecule has 0 aliphatic carbocycles. The molecule has 0 heterocycles.